The van der Waals surface area contributed by atoms with Crippen molar-refractivity contribution in [3.8, 4) is 0 Å². The third kappa shape index (κ3) is 8.00. The first kappa shape index (κ1) is 30.5. The molecule has 0 amide bonds. The van der Waals surface area contributed by atoms with Gasteiger partial charge in [-0.1, -0.05) is 32.5 Å². The van der Waals surface area contributed by atoms with Gasteiger partial charge in [0.2, 0.25) is 0 Å². The lowest BCUT2D eigenvalue weighted by molar-refractivity contribution is -0.0540. The van der Waals surface area contributed by atoms with Crippen LogP contribution in [0.4, 0.5) is 5.82 Å². The number of hydrogen-bond acceptors (Lipinski definition) is 14. The fraction of sp³-hybridized carbons (Fsp3) is 0.667. The minimum absolute atomic E-state index is 0.0543. The Morgan fingerprint density at radius 3 is 2.32 bits per heavy atom. The Balaban J connectivity index is 1.81. The summed E-state index contributed by atoms with van der Waals surface area (Å²) in [6.45, 7) is 5.01. The number of phosphoric acid groups is 3. The van der Waals surface area contributed by atoms with E-state index in [9.17, 15) is 33.7 Å². The average molecular weight is 609 g/mol. The van der Waals surface area contributed by atoms with Crippen LogP contribution in [0.3, 0.4) is 0 Å². The number of nitrogens with two attached hydrogens (primary N) is 1. The molecule has 18 nitrogen and oxygen atoms in total. The van der Waals surface area contributed by atoms with Crippen molar-refractivity contribution < 1.29 is 61.4 Å². The van der Waals surface area contributed by atoms with Gasteiger partial charge in [-0.15, -0.1) is 0 Å². The van der Waals surface area contributed by atoms with Crippen LogP contribution in [-0.4, -0.2) is 80.0 Å². The van der Waals surface area contributed by atoms with Crippen molar-refractivity contribution in [2.75, 3.05) is 18.1 Å². The van der Waals surface area contributed by atoms with E-state index in [-0.39, 0.29) is 22.4 Å². The Bertz CT molecular complexity index is 1280. The predicted octanol–water partition coefficient (Wildman–Crippen LogP) is 0.509. The number of anilines is 1. The molecule has 3 rings (SSSR count). The zero-order chi connectivity index (χ0) is 28.0. The number of thioether (sulfide) groups is 1. The minimum Gasteiger partial charge on any atom is -0.387 e. The zero-order valence-electron chi connectivity index (χ0n) is 19.5. The highest BCUT2D eigenvalue weighted by atomic mass is 32.2. The quantitative estimate of drug-likeness (QED) is 0.143. The molecule has 0 spiro atoms. The molecule has 8 N–H and O–H groups in total. The Kier molecular flexibility index (Phi) is 8.97. The summed E-state index contributed by atoms with van der Waals surface area (Å²) >= 11 is 1.29. The zero-order valence-corrected chi connectivity index (χ0v) is 23.0. The molecule has 1 saturated heterocycles. The van der Waals surface area contributed by atoms with E-state index >= 15 is 0 Å². The number of nitrogen functional groups attached to an aromatic ring is 1. The molecule has 0 bridgehead atoms. The second-order valence-electron chi connectivity index (χ2n) is 8.98. The molecule has 0 aromatic carbocycles. The maximum absolute atomic E-state index is 12.0. The van der Waals surface area contributed by atoms with Gasteiger partial charge in [-0.2, -0.15) is 8.62 Å². The monoisotopic (exact) mass is 609 g/mol. The van der Waals surface area contributed by atoms with Gasteiger partial charge in [-0.05, 0) is 5.41 Å². The molecule has 0 saturated carbocycles. The van der Waals surface area contributed by atoms with Gasteiger partial charge in [0.15, 0.2) is 28.4 Å². The predicted molar refractivity (Wildman–Crippen MR) is 126 cm³/mol. The lowest BCUT2D eigenvalue weighted by Crippen LogP contribution is -2.33. The highest BCUT2D eigenvalue weighted by molar-refractivity contribution is 7.99. The third-order valence-electron chi connectivity index (χ3n) is 4.52. The number of aliphatic hydroxyl groups excluding tert-OH is 2. The maximum Gasteiger partial charge on any atom is 0.490 e. The molecular weight excluding hydrogens is 583 g/mol. The van der Waals surface area contributed by atoms with Crippen molar-refractivity contribution in [2.45, 2.75) is 50.5 Å². The van der Waals surface area contributed by atoms with E-state index in [0.717, 1.165) is 0 Å². The molecule has 22 heteroatoms. The number of aliphatic hydroxyl groups is 2. The van der Waals surface area contributed by atoms with Gasteiger partial charge in [-0.3, -0.25) is 9.09 Å². The molecule has 1 fully saturated rings. The highest BCUT2D eigenvalue weighted by Gasteiger charge is 2.47. The standard InChI is InChI=1S/C15H26N5O13P3S/c1-15(2,3)5-37-14-19-8-11(16)17-6-18-12(8)20(14)13-10(22)9(21)7(31-13)4-30-35(26,27)33-36(28,29)32-34(23,24)25/h6-7,9-10,13,21-22H,4-5H2,1-3H3,(H,26,27)(H,28,29)(H2,16,17,18)(H2,23,24,25)/t7-,9-,10-,13-/m1/s1. The van der Waals surface area contributed by atoms with Gasteiger partial charge >= 0.3 is 23.5 Å². The molecule has 0 radical (unpaired) electrons. The first-order valence-corrected chi connectivity index (χ1v) is 15.7. The van der Waals surface area contributed by atoms with Gasteiger partial charge in [0.05, 0.1) is 6.61 Å². The Morgan fingerprint density at radius 2 is 1.73 bits per heavy atom. The van der Waals surface area contributed by atoms with Crippen LogP contribution in [0, 0.1) is 5.41 Å². The molecule has 2 unspecified atom stereocenters. The van der Waals surface area contributed by atoms with Crippen LogP contribution in [0.15, 0.2) is 11.5 Å². The summed E-state index contributed by atoms with van der Waals surface area (Å²) < 4.78 is 53.1. The number of phosphoric ester groups is 1. The molecule has 0 aliphatic carbocycles. The fourth-order valence-electron chi connectivity index (χ4n) is 3.07. The molecule has 37 heavy (non-hydrogen) atoms. The number of imidazole rings is 1. The summed E-state index contributed by atoms with van der Waals surface area (Å²) in [6.07, 6.45) is -4.97. The van der Waals surface area contributed by atoms with Gasteiger partial charge in [-0.25, -0.2) is 28.6 Å². The van der Waals surface area contributed by atoms with Crippen molar-refractivity contribution in [1.82, 2.24) is 19.5 Å². The van der Waals surface area contributed by atoms with Crippen LogP contribution in [0.2, 0.25) is 0 Å². The van der Waals surface area contributed by atoms with Gasteiger partial charge in [0.25, 0.3) is 0 Å². The van der Waals surface area contributed by atoms with Crippen molar-refractivity contribution >= 4 is 52.2 Å². The number of fused-ring (bicyclic) bond motifs is 1. The van der Waals surface area contributed by atoms with E-state index in [4.69, 9.17) is 20.3 Å². The van der Waals surface area contributed by atoms with E-state index in [0.29, 0.717) is 10.9 Å². The van der Waals surface area contributed by atoms with Gasteiger partial charge < -0.3 is 40.3 Å². The Morgan fingerprint density at radius 1 is 1.08 bits per heavy atom. The first-order valence-electron chi connectivity index (χ1n) is 10.2. The first-order chi connectivity index (χ1) is 16.8. The molecule has 2 aromatic rings. The summed E-state index contributed by atoms with van der Waals surface area (Å²) in [4.78, 5) is 48.6. The van der Waals surface area contributed by atoms with E-state index in [1.807, 2.05) is 20.8 Å². The van der Waals surface area contributed by atoms with Gasteiger partial charge in [0.1, 0.15) is 24.6 Å². The van der Waals surface area contributed by atoms with E-state index in [1.165, 1.54) is 22.7 Å². The maximum atomic E-state index is 12.0. The van der Waals surface area contributed by atoms with Crippen LogP contribution in [0.1, 0.15) is 27.0 Å². The Hall–Kier alpha value is -1.01. The smallest absolute Gasteiger partial charge is 0.387 e. The normalized spacial score (nSPS) is 26.3. The number of rotatable bonds is 10. The number of aromatic nitrogens is 4. The second kappa shape index (κ2) is 10.9. The molecule has 210 valence electrons. The van der Waals surface area contributed by atoms with Crippen LogP contribution >= 0.6 is 35.2 Å². The van der Waals surface area contributed by atoms with Crippen LogP contribution < -0.4 is 5.73 Å². The molecular formula is C15H26N5O13P3S. The Labute approximate surface area is 213 Å². The molecule has 6 atom stereocenters. The minimum atomic E-state index is -5.73. The van der Waals surface area contributed by atoms with Gasteiger partial charge in [0, 0.05) is 5.75 Å². The number of ether oxygens (including phenoxy) is 1. The van der Waals surface area contributed by atoms with Crippen molar-refractivity contribution in [3.63, 3.8) is 0 Å². The van der Waals surface area contributed by atoms with Crippen molar-refractivity contribution in [2.24, 2.45) is 5.41 Å². The van der Waals surface area contributed by atoms with E-state index in [1.54, 1.807) is 0 Å². The molecule has 2 aromatic heterocycles. The summed E-state index contributed by atoms with van der Waals surface area (Å²) in [5.41, 5.74) is 6.16. The fourth-order valence-corrected chi connectivity index (χ4v) is 7.15. The topological polar surface area (TPSA) is 279 Å². The van der Waals surface area contributed by atoms with E-state index in [2.05, 4.69) is 28.1 Å². The highest BCUT2D eigenvalue weighted by Crippen LogP contribution is 2.66. The van der Waals surface area contributed by atoms with Crippen molar-refractivity contribution in [3.05, 3.63) is 6.33 Å². The lowest BCUT2D eigenvalue weighted by Gasteiger charge is -2.21. The van der Waals surface area contributed by atoms with Crippen LogP contribution in [0.5, 0.6) is 0 Å². The molecule has 3 heterocycles. The van der Waals surface area contributed by atoms with E-state index < -0.39 is 54.6 Å². The molecule has 1 aliphatic rings. The summed E-state index contributed by atoms with van der Waals surface area (Å²) in [5, 5.41) is 21.5. The lowest BCUT2D eigenvalue weighted by atomic mass is 10.0. The summed E-state index contributed by atoms with van der Waals surface area (Å²) in [6, 6.07) is 0. The summed E-state index contributed by atoms with van der Waals surface area (Å²) in [7, 11) is -16.8. The SMILES string of the molecule is CC(C)(C)CSc1nc2c(N)ncnc2n1[C@@H]1O[C@H](COP(=O)(O)OP(=O)(O)OP(=O)(O)O)[C@@H](O)[C@H]1O. The summed E-state index contributed by atoms with van der Waals surface area (Å²) in [5.74, 6) is 0.628. The van der Waals surface area contributed by atoms with Crippen LogP contribution in [-0.2, 0) is 31.6 Å². The molecule has 1 aliphatic heterocycles. The number of hydrogen-bond donors (Lipinski definition) is 7. The number of nitrogens with zero attached hydrogens (tertiary/aromatic N) is 4. The van der Waals surface area contributed by atoms with Crippen molar-refractivity contribution in [1.29, 1.82) is 0 Å². The van der Waals surface area contributed by atoms with Crippen LogP contribution in [0.25, 0.3) is 11.2 Å². The second-order valence-corrected chi connectivity index (χ2v) is 14.3. The average Bonchev–Trinajstić information content (AvgIpc) is 3.20. The largest absolute Gasteiger partial charge is 0.490 e. The third-order valence-corrected chi connectivity index (χ3v) is 9.88.